The topological polar surface area (TPSA) is 36.8 Å². The number of fused-ring (bicyclic) bond motifs is 8. The van der Waals surface area contributed by atoms with Crippen molar-refractivity contribution < 1.29 is 4.74 Å². The monoisotopic (exact) mass is 869 g/mol. The lowest BCUT2D eigenvalue weighted by atomic mass is 9.86. The maximum absolute atomic E-state index is 6.81. The van der Waals surface area contributed by atoms with Crippen molar-refractivity contribution in [1.82, 2.24) is 9.55 Å². The van der Waals surface area contributed by atoms with E-state index in [4.69, 9.17) is 9.72 Å². The molecule has 0 saturated heterocycles. The molecule has 8 heteroatoms. The van der Waals surface area contributed by atoms with Gasteiger partial charge in [-0.05, 0) is 119 Å². The minimum atomic E-state index is -0.0154. The molecule has 0 unspecified atom stereocenters. The highest BCUT2D eigenvalue weighted by molar-refractivity contribution is 8.00. The quantitative estimate of drug-likeness (QED) is 0.171. The van der Waals surface area contributed by atoms with Crippen molar-refractivity contribution in [3.63, 3.8) is 0 Å². The first kappa shape index (κ1) is 39.0. The molecule has 64 heavy (non-hydrogen) atoms. The molecule has 3 aliphatic heterocycles. The fraction of sp³-hybridized carbons (Fsp3) is 0.161. The Morgan fingerprint density at radius 2 is 1.09 bits per heavy atom. The molecule has 3 aliphatic rings. The van der Waals surface area contributed by atoms with E-state index in [9.17, 15) is 0 Å². The zero-order valence-electron chi connectivity index (χ0n) is 36.8. The molecule has 314 valence electrons. The standard InChI is InChI=1S/C56H47N5OS2/c1-55(2,3)35-22-25-43-42(28-35)41-24-23-40(33-48(41)60(43)53-29-36(26-27-57-53)56(4,5)6)62-39-15-13-14-37(30-39)58-34-59(45-17-8-7-16-44(45)58)38-31-51-54-52(32-38)64-50-21-12-10-19-47(50)61(54)46-18-9-11-20-49(46)63-51/h7-33H,34H2,1-6H3. The van der Waals surface area contributed by atoms with Gasteiger partial charge in [0.2, 0.25) is 0 Å². The fourth-order valence-electron chi connectivity index (χ4n) is 9.46. The van der Waals surface area contributed by atoms with E-state index in [1.807, 2.05) is 29.7 Å². The molecule has 9 aromatic rings. The summed E-state index contributed by atoms with van der Waals surface area (Å²) >= 11 is 3.73. The van der Waals surface area contributed by atoms with Gasteiger partial charge in [-0.1, -0.05) is 114 Å². The number of pyridine rings is 1. The molecule has 2 aromatic heterocycles. The molecule has 5 heterocycles. The molecule has 0 atom stereocenters. The van der Waals surface area contributed by atoms with Crippen LogP contribution < -0.4 is 19.4 Å². The number of benzene rings is 7. The van der Waals surface area contributed by atoms with Gasteiger partial charge in [0.1, 0.15) is 24.0 Å². The van der Waals surface area contributed by atoms with Crippen LogP contribution >= 0.6 is 23.5 Å². The summed E-state index contributed by atoms with van der Waals surface area (Å²) in [6.07, 6.45) is 1.94. The van der Waals surface area contributed by atoms with Crippen molar-refractivity contribution in [1.29, 1.82) is 0 Å². The fourth-order valence-corrected chi connectivity index (χ4v) is 11.8. The van der Waals surface area contributed by atoms with Crippen LogP contribution in [0.3, 0.4) is 0 Å². The lowest BCUT2D eigenvalue weighted by Crippen LogP contribution is -2.25. The summed E-state index contributed by atoms with van der Waals surface area (Å²) in [4.78, 5) is 17.3. The van der Waals surface area contributed by atoms with Gasteiger partial charge in [0.25, 0.3) is 0 Å². The summed E-state index contributed by atoms with van der Waals surface area (Å²) in [6, 6.07) is 57.3. The molecule has 0 spiro atoms. The average molecular weight is 870 g/mol. The van der Waals surface area contributed by atoms with Gasteiger partial charge in [-0.15, -0.1) is 0 Å². The lowest BCUT2D eigenvalue weighted by molar-refractivity contribution is 0.483. The van der Waals surface area contributed by atoms with Crippen molar-refractivity contribution in [2.75, 3.05) is 21.4 Å². The van der Waals surface area contributed by atoms with Crippen molar-refractivity contribution >= 4 is 85.1 Å². The molecule has 0 aliphatic carbocycles. The predicted molar refractivity (Wildman–Crippen MR) is 267 cm³/mol. The van der Waals surface area contributed by atoms with E-state index in [2.05, 4.69) is 219 Å². The third-order valence-electron chi connectivity index (χ3n) is 12.8. The first-order valence-corrected chi connectivity index (χ1v) is 23.6. The summed E-state index contributed by atoms with van der Waals surface area (Å²) < 4.78 is 9.11. The third kappa shape index (κ3) is 6.37. The van der Waals surface area contributed by atoms with Crippen LogP contribution in [0, 0.1) is 0 Å². The molecule has 0 radical (unpaired) electrons. The molecule has 7 aromatic carbocycles. The van der Waals surface area contributed by atoms with Crippen molar-refractivity contribution in [3.05, 3.63) is 175 Å². The van der Waals surface area contributed by atoms with E-state index in [1.54, 1.807) is 0 Å². The highest BCUT2D eigenvalue weighted by Crippen LogP contribution is 2.61. The number of aromatic nitrogens is 2. The molecule has 0 amide bonds. The molecule has 0 saturated carbocycles. The van der Waals surface area contributed by atoms with Gasteiger partial charge in [0, 0.05) is 60.1 Å². The van der Waals surface area contributed by atoms with Crippen LogP contribution in [0.4, 0.5) is 39.8 Å². The normalized spacial score (nSPS) is 14.1. The highest BCUT2D eigenvalue weighted by atomic mass is 32.2. The van der Waals surface area contributed by atoms with Gasteiger partial charge < -0.3 is 19.4 Å². The van der Waals surface area contributed by atoms with Crippen LogP contribution in [0.2, 0.25) is 0 Å². The maximum Gasteiger partial charge on any atom is 0.137 e. The van der Waals surface area contributed by atoms with Crippen LogP contribution in [0.1, 0.15) is 52.7 Å². The third-order valence-corrected chi connectivity index (χ3v) is 15.0. The zero-order chi connectivity index (χ0) is 43.5. The number of nitrogens with zero attached hydrogens (tertiary/aromatic N) is 5. The second kappa shape index (κ2) is 14.5. The zero-order valence-corrected chi connectivity index (χ0v) is 38.4. The molecular weight excluding hydrogens is 823 g/mol. The van der Waals surface area contributed by atoms with Crippen molar-refractivity contribution in [2.45, 2.75) is 72.0 Å². The second-order valence-corrected chi connectivity index (χ2v) is 21.2. The summed E-state index contributed by atoms with van der Waals surface area (Å²) in [6.45, 7) is 14.2. The SMILES string of the molecule is CC(C)(C)c1ccnc(-n2c3ccc(C(C)(C)C)cc3c3ccc(Oc4cccc(N5CN(c6cc7c8c(c6)Sc6ccccc6N8c6ccccc6S7)c6ccccc65)c4)cc32)c1. The summed E-state index contributed by atoms with van der Waals surface area (Å²) in [5, 5.41) is 2.39. The second-order valence-electron chi connectivity index (χ2n) is 19.0. The Kier molecular flexibility index (Phi) is 8.81. The Balaban J connectivity index is 0.901. The summed E-state index contributed by atoms with van der Waals surface area (Å²) in [7, 11) is 0. The molecule has 0 bridgehead atoms. The van der Waals surface area contributed by atoms with E-state index < -0.39 is 0 Å². The van der Waals surface area contributed by atoms with Crippen LogP contribution in [0.25, 0.3) is 27.6 Å². The number of hydrogen-bond acceptors (Lipinski definition) is 7. The van der Waals surface area contributed by atoms with E-state index in [0.29, 0.717) is 6.67 Å². The van der Waals surface area contributed by atoms with Gasteiger partial charge in [0.05, 0.1) is 39.5 Å². The number of ether oxygens (including phenoxy) is 1. The average Bonchev–Trinajstić information content (AvgIpc) is 3.84. The molecular formula is C56H47N5OS2. The number of rotatable bonds is 5. The van der Waals surface area contributed by atoms with Crippen LogP contribution in [0.15, 0.2) is 184 Å². The number of anilines is 7. The van der Waals surface area contributed by atoms with E-state index in [1.165, 1.54) is 69.9 Å². The Bertz CT molecular complexity index is 3290. The molecule has 0 N–H and O–H groups in total. The minimum Gasteiger partial charge on any atom is -0.457 e. The number of hydrogen-bond donors (Lipinski definition) is 0. The van der Waals surface area contributed by atoms with Crippen LogP contribution in [-0.2, 0) is 10.8 Å². The van der Waals surface area contributed by atoms with Crippen molar-refractivity contribution in [3.8, 4) is 17.3 Å². The van der Waals surface area contributed by atoms with E-state index >= 15 is 0 Å². The summed E-state index contributed by atoms with van der Waals surface area (Å²) in [5.41, 5.74) is 13.1. The van der Waals surface area contributed by atoms with Crippen LogP contribution in [0.5, 0.6) is 11.5 Å². The smallest absolute Gasteiger partial charge is 0.137 e. The van der Waals surface area contributed by atoms with Crippen molar-refractivity contribution in [2.24, 2.45) is 0 Å². The Hall–Kier alpha value is -6.61. The minimum absolute atomic E-state index is 0.0154. The first-order valence-electron chi connectivity index (χ1n) is 22.0. The largest absolute Gasteiger partial charge is 0.457 e. The number of para-hydroxylation sites is 4. The van der Waals surface area contributed by atoms with Gasteiger partial charge in [-0.25, -0.2) is 4.98 Å². The Morgan fingerprint density at radius 3 is 1.77 bits per heavy atom. The molecule has 6 nitrogen and oxygen atoms in total. The highest BCUT2D eigenvalue weighted by Gasteiger charge is 2.35. The van der Waals surface area contributed by atoms with Crippen LogP contribution in [-0.4, -0.2) is 16.2 Å². The predicted octanol–water partition coefficient (Wildman–Crippen LogP) is 16.2. The van der Waals surface area contributed by atoms with E-state index in [0.717, 1.165) is 39.7 Å². The Labute approximate surface area is 383 Å². The summed E-state index contributed by atoms with van der Waals surface area (Å²) in [5.74, 6) is 2.46. The Morgan fingerprint density at radius 1 is 0.484 bits per heavy atom. The van der Waals surface area contributed by atoms with Gasteiger partial charge in [0.15, 0.2) is 0 Å². The maximum atomic E-state index is 6.81. The first-order chi connectivity index (χ1) is 31.0. The van der Waals surface area contributed by atoms with Gasteiger partial charge in [-0.2, -0.15) is 0 Å². The van der Waals surface area contributed by atoms with E-state index in [-0.39, 0.29) is 10.8 Å². The van der Waals surface area contributed by atoms with Gasteiger partial charge in [-0.3, -0.25) is 4.57 Å². The lowest BCUT2D eigenvalue weighted by Gasteiger charge is -2.39. The molecule has 12 rings (SSSR count). The molecule has 0 fully saturated rings. The van der Waals surface area contributed by atoms with Gasteiger partial charge >= 0.3 is 0 Å².